The Morgan fingerprint density at radius 1 is 1.15 bits per heavy atom. The number of amides is 1. The number of nitrogens with zero attached hydrogens (tertiary/aromatic N) is 1. The van der Waals surface area contributed by atoms with Crippen molar-refractivity contribution in [2.24, 2.45) is 0 Å². The molecular formula is C17H17N3O5S. The van der Waals surface area contributed by atoms with Gasteiger partial charge < -0.3 is 10.6 Å². The van der Waals surface area contributed by atoms with Gasteiger partial charge in [-0.3, -0.25) is 14.9 Å². The first kappa shape index (κ1) is 17.9. The summed E-state index contributed by atoms with van der Waals surface area (Å²) in [6.07, 6.45) is 0.351. The molecule has 2 N–H and O–H groups in total. The summed E-state index contributed by atoms with van der Waals surface area (Å²) in [4.78, 5) is 23.1. The van der Waals surface area contributed by atoms with Crippen molar-refractivity contribution in [1.82, 2.24) is 5.32 Å². The van der Waals surface area contributed by atoms with Gasteiger partial charge in [-0.2, -0.15) is 0 Å². The molecular weight excluding hydrogens is 358 g/mol. The molecule has 8 nitrogen and oxygen atoms in total. The van der Waals surface area contributed by atoms with Crippen molar-refractivity contribution in [3.8, 4) is 0 Å². The smallest absolute Gasteiger partial charge is 0.293 e. The Labute approximate surface area is 150 Å². The van der Waals surface area contributed by atoms with E-state index in [2.05, 4.69) is 10.6 Å². The van der Waals surface area contributed by atoms with Crippen LogP contribution in [0.1, 0.15) is 16.8 Å². The van der Waals surface area contributed by atoms with Gasteiger partial charge in [0.2, 0.25) is 0 Å². The zero-order chi connectivity index (χ0) is 18.7. The standard InChI is InChI=1S/C17H17N3O5S/c21-17(19-14-8-9-26(24,25)11-14)12-6-7-15(16(10-12)20(22)23)18-13-4-2-1-3-5-13/h1-7,10,14,18H,8-9,11H2,(H,19,21). The summed E-state index contributed by atoms with van der Waals surface area (Å²) in [5.41, 5.74) is 0.824. The van der Waals surface area contributed by atoms with E-state index in [0.29, 0.717) is 12.1 Å². The summed E-state index contributed by atoms with van der Waals surface area (Å²) in [6.45, 7) is 0. The molecule has 2 aromatic carbocycles. The molecule has 1 aliphatic rings. The molecule has 1 heterocycles. The summed E-state index contributed by atoms with van der Waals surface area (Å²) in [5, 5.41) is 16.9. The number of hydrogen-bond acceptors (Lipinski definition) is 6. The lowest BCUT2D eigenvalue weighted by Crippen LogP contribution is -2.35. The second-order valence-corrected chi connectivity index (χ2v) is 8.28. The SMILES string of the molecule is O=C(NC1CCS(=O)(=O)C1)c1ccc(Nc2ccccc2)c([N+](=O)[O-])c1. The number of anilines is 2. The van der Waals surface area contributed by atoms with Gasteiger partial charge >= 0.3 is 0 Å². The minimum Gasteiger partial charge on any atom is -0.350 e. The fourth-order valence-electron chi connectivity index (χ4n) is 2.78. The van der Waals surface area contributed by atoms with Crippen molar-refractivity contribution in [3.63, 3.8) is 0 Å². The zero-order valence-electron chi connectivity index (χ0n) is 13.7. The maximum absolute atomic E-state index is 12.3. The molecule has 0 radical (unpaired) electrons. The van der Waals surface area contributed by atoms with Gasteiger partial charge in [0.05, 0.1) is 16.4 Å². The molecule has 26 heavy (non-hydrogen) atoms. The van der Waals surface area contributed by atoms with Crippen LogP contribution in [-0.2, 0) is 9.84 Å². The Hall–Kier alpha value is -2.94. The largest absolute Gasteiger partial charge is 0.350 e. The van der Waals surface area contributed by atoms with Crippen LogP contribution in [0.3, 0.4) is 0 Å². The first-order valence-electron chi connectivity index (χ1n) is 7.96. The Bertz CT molecular complexity index is 944. The number of rotatable bonds is 5. The molecule has 1 aliphatic heterocycles. The zero-order valence-corrected chi connectivity index (χ0v) is 14.5. The Morgan fingerprint density at radius 2 is 1.88 bits per heavy atom. The molecule has 1 fully saturated rings. The molecule has 136 valence electrons. The van der Waals surface area contributed by atoms with Gasteiger partial charge in [0.25, 0.3) is 11.6 Å². The number of nitro benzene ring substituents is 1. The van der Waals surface area contributed by atoms with Gasteiger partial charge in [-0.15, -0.1) is 0 Å². The van der Waals surface area contributed by atoms with Crippen molar-refractivity contribution in [1.29, 1.82) is 0 Å². The average Bonchev–Trinajstić information content (AvgIpc) is 2.94. The van der Waals surface area contributed by atoms with E-state index in [1.54, 1.807) is 24.3 Å². The molecule has 0 saturated carbocycles. The second-order valence-electron chi connectivity index (χ2n) is 6.05. The topological polar surface area (TPSA) is 118 Å². The van der Waals surface area contributed by atoms with Crippen LogP contribution in [0.4, 0.5) is 17.1 Å². The van der Waals surface area contributed by atoms with Gasteiger partial charge in [0.15, 0.2) is 9.84 Å². The van der Waals surface area contributed by atoms with Crippen molar-refractivity contribution < 1.29 is 18.1 Å². The third-order valence-electron chi connectivity index (χ3n) is 4.08. The maximum atomic E-state index is 12.3. The highest BCUT2D eigenvalue weighted by atomic mass is 32.2. The van der Waals surface area contributed by atoms with Gasteiger partial charge in [-0.25, -0.2) is 8.42 Å². The molecule has 0 bridgehead atoms. The van der Waals surface area contributed by atoms with E-state index >= 15 is 0 Å². The molecule has 3 rings (SSSR count). The van der Waals surface area contributed by atoms with Crippen LogP contribution < -0.4 is 10.6 Å². The summed E-state index contributed by atoms with van der Waals surface area (Å²) in [5.74, 6) is -0.589. The molecule has 0 aliphatic carbocycles. The lowest BCUT2D eigenvalue weighted by Gasteiger charge is -2.12. The minimum absolute atomic E-state index is 0.0397. The predicted molar refractivity (Wildman–Crippen MR) is 97.3 cm³/mol. The fourth-order valence-corrected chi connectivity index (χ4v) is 4.46. The molecule has 2 aromatic rings. The van der Waals surface area contributed by atoms with E-state index in [0.717, 1.165) is 0 Å². The molecule has 1 saturated heterocycles. The summed E-state index contributed by atoms with van der Waals surface area (Å²) in [6, 6.07) is 12.6. The van der Waals surface area contributed by atoms with Crippen molar-refractivity contribution >= 4 is 32.8 Å². The van der Waals surface area contributed by atoms with Gasteiger partial charge in [-0.1, -0.05) is 18.2 Å². The number of hydrogen-bond donors (Lipinski definition) is 2. The molecule has 9 heteroatoms. The van der Waals surface area contributed by atoms with E-state index in [9.17, 15) is 23.3 Å². The first-order chi connectivity index (χ1) is 12.3. The number of carbonyl (C=O) groups excluding carboxylic acids is 1. The van der Waals surface area contributed by atoms with E-state index in [1.807, 2.05) is 6.07 Å². The van der Waals surface area contributed by atoms with E-state index in [1.165, 1.54) is 18.2 Å². The third kappa shape index (κ3) is 4.17. The Kier molecular flexibility index (Phi) is 4.90. The number of carbonyl (C=O) groups is 1. The molecule has 1 amide bonds. The van der Waals surface area contributed by atoms with Crippen LogP contribution in [0.25, 0.3) is 0 Å². The van der Waals surface area contributed by atoms with Crippen LogP contribution in [0.5, 0.6) is 0 Å². The quantitative estimate of drug-likeness (QED) is 0.611. The number of nitrogens with one attached hydrogen (secondary N) is 2. The summed E-state index contributed by atoms with van der Waals surface area (Å²) in [7, 11) is -3.12. The van der Waals surface area contributed by atoms with Crippen molar-refractivity contribution in [2.75, 3.05) is 16.8 Å². The van der Waals surface area contributed by atoms with Crippen molar-refractivity contribution in [3.05, 3.63) is 64.2 Å². The van der Waals surface area contributed by atoms with E-state index < -0.39 is 26.7 Å². The van der Waals surface area contributed by atoms with Crippen LogP contribution in [0.2, 0.25) is 0 Å². The third-order valence-corrected chi connectivity index (χ3v) is 5.85. The Morgan fingerprint density at radius 3 is 2.50 bits per heavy atom. The minimum atomic E-state index is -3.12. The predicted octanol–water partition coefficient (Wildman–Crippen LogP) is 2.26. The average molecular weight is 375 g/mol. The highest BCUT2D eigenvalue weighted by molar-refractivity contribution is 7.91. The monoisotopic (exact) mass is 375 g/mol. The van der Waals surface area contributed by atoms with Crippen LogP contribution >= 0.6 is 0 Å². The highest BCUT2D eigenvalue weighted by Gasteiger charge is 2.29. The number of sulfone groups is 1. The van der Waals surface area contributed by atoms with Crippen LogP contribution in [0, 0.1) is 10.1 Å². The van der Waals surface area contributed by atoms with Crippen LogP contribution in [-0.4, -0.2) is 36.8 Å². The summed E-state index contributed by atoms with van der Waals surface area (Å²) >= 11 is 0. The van der Waals surface area contributed by atoms with Gasteiger partial charge in [0, 0.05) is 23.4 Å². The number of nitro groups is 1. The fraction of sp³-hybridized carbons (Fsp3) is 0.235. The van der Waals surface area contributed by atoms with Crippen molar-refractivity contribution in [2.45, 2.75) is 12.5 Å². The second kappa shape index (κ2) is 7.12. The van der Waals surface area contributed by atoms with Gasteiger partial charge in [0.1, 0.15) is 5.69 Å². The summed E-state index contributed by atoms with van der Waals surface area (Å²) < 4.78 is 22.9. The first-order valence-corrected chi connectivity index (χ1v) is 9.78. The van der Waals surface area contributed by atoms with Gasteiger partial charge in [-0.05, 0) is 30.7 Å². The number of benzene rings is 2. The van der Waals surface area contributed by atoms with E-state index in [4.69, 9.17) is 0 Å². The molecule has 1 atom stereocenters. The lowest BCUT2D eigenvalue weighted by molar-refractivity contribution is -0.383. The Balaban J connectivity index is 1.79. The van der Waals surface area contributed by atoms with E-state index in [-0.39, 0.29) is 28.4 Å². The molecule has 1 unspecified atom stereocenters. The normalized spacial score (nSPS) is 18.2. The molecule has 0 aromatic heterocycles. The van der Waals surface area contributed by atoms with Crippen LogP contribution in [0.15, 0.2) is 48.5 Å². The number of para-hydroxylation sites is 1. The molecule has 0 spiro atoms. The maximum Gasteiger partial charge on any atom is 0.293 e. The highest BCUT2D eigenvalue weighted by Crippen LogP contribution is 2.28. The lowest BCUT2D eigenvalue weighted by atomic mass is 10.1.